The highest BCUT2D eigenvalue weighted by molar-refractivity contribution is 6.24. The molecular formula is C27H28N6O6. The van der Waals surface area contributed by atoms with Crippen molar-refractivity contribution in [3.8, 4) is 0 Å². The number of hydrogen-bond acceptors (Lipinski definition) is 12. The predicted molar refractivity (Wildman–Crippen MR) is 147 cm³/mol. The summed E-state index contributed by atoms with van der Waals surface area (Å²) in [5, 5.41) is 0. The quantitative estimate of drug-likeness (QED) is 0.215. The molecule has 0 amide bonds. The van der Waals surface area contributed by atoms with Crippen molar-refractivity contribution in [1.82, 2.24) is 9.97 Å². The normalized spacial score (nSPS) is 10.9. The molecule has 0 aliphatic heterocycles. The van der Waals surface area contributed by atoms with E-state index in [4.69, 9.17) is 19.9 Å². The van der Waals surface area contributed by atoms with Crippen LogP contribution >= 0.6 is 0 Å². The minimum atomic E-state index is -0.621. The minimum absolute atomic E-state index is 0.0469. The first-order valence-corrected chi connectivity index (χ1v) is 12.1. The zero-order chi connectivity index (χ0) is 28.2. The van der Waals surface area contributed by atoms with Crippen LogP contribution in [-0.2, 0) is 23.8 Å². The molecule has 202 valence electrons. The number of nitrogen functional groups attached to an aromatic ring is 1. The second kappa shape index (κ2) is 14.0. The van der Waals surface area contributed by atoms with Crippen LogP contribution in [0.1, 0.15) is 31.1 Å². The van der Waals surface area contributed by atoms with E-state index in [1.807, 2.05) is 0 Å². The molecule has 39 heavy (non-hydrogen) atoms. The summed E-state index contributed by atoms with van der Waals surface area (Å²) in [4.78, 5) is 54.2. The Labute approximate surface area is 225 Å². The van der Waals surface area contributed by atoms with Crippen molar-refractivity contribution in [3.05, 3.63) is 60.3 Å². The summed E-state index contributed by atoms with van der Waals surface area (Å²) in [6.45, 7) is 5.76. The van der Waals surface area contributed by atoms with E-state index in [9.17, 15) is 14.4 Å². The number of nitrogens with zero attached hydrogens (tertiary/aromatic N) is 5. The Morgan fingerprint density at radius 3 is 1.69 bits per heavy atom. The Morgan fingerprint density at radius 2 is 1.26 bits per heavy atom. The van der Waals surface area contributed by atoms with Gasteiger partial charge in [0.1, 0.15) is 18.0 Å². The fourth-order valence-corrected chi connectivity index (χ4v) is 3.29. The van der Waals surface area contributed by atoms with Crippen LogP contribution in [0.25, 0.3) is 0 Å². The monoisotopic (exact) mass is 532 g/mol. The highest BCUT2D eigenvalue weighted by Crippen LogP contribution is 2.37. The number of aliphatic imine (C=N–C) groups is 2. The Hall–Kier alpha value is -5.13. The van der Waals surface area contributed by atoms with Gasteiger partial charge in [-0.2, -0.15) is 4.98 Å². The van der Waals surface area contributed by atoms with Gasteiger partial charge in [0, 0.05) is 17.6 Å². The maximum Gasteiger partial charge on any atom is 0.349 e. The Kier molecular flexibility index (Phi) is 10.2. The van der Waals surface area contributed by atoms with Gasteiger partial charge < -0.3 is 19.9 Å². The Morgan fingerprint density at radius 1 is 0.795 bits per heavy atom. The third-order valence-corrected chi connectivity index (χ3v) is 4.92. The first-order valence-electron chi connectivity index (χ1n) is 12.1. The lowest BCUT2D eigenvalue weighted by Crippen LogP contribution is -2.18. The van der Waals surface area contributed by atoms with E-state index in [0.29, 0.717) is 22.7 Å². The topological polar surface area (TPSA) is 159 Å². The standard InChI is InChI=1S/C27H28N6O6/c1-4-37-23(34)16-29-18-7-11-20(12-8-18)33(25-22(26(36)39-6-3)15-31-27(28)32-25)21-13-9-19(10-14-21)30-17-24(35)38-5-2/h7-17H,4-6H2,1-3H3,(H2,28,31,32). The summed E-state index contributed by atoms with van der Waals surface area (Å²) in [7, 11) is 0. The molecule has 0 atom stereocenters. The molecule has 3 aromatic rings. The van der Waals surface area contributed by atoms with Crippen molar-refractivity contribution < 1.29 is 28.6 Å². The number of rotatable bonds is 11. The predicted octanol–water partition coefficient (Wildman–Crippen LogP) is 4.24. The fourth-order valence-electron chi connectivity index (χ4n) is 3.29. The molecule has 2 N–H and O–H groups in total. The van der Waals surface area contributed by atoms with Gasteiger partial charge in [-0.05, 0) is 69.3 Å². The first kappa shape index (κ1) is 28.4. The maximum atomic E-state index is 12.8. The zero-order valence-corrected chi connectivity index (χ0v) is 21.7. The maximum absolute atomic E-state index is 12.8. The number of hydrogen-bond donors (Lipinski definition) is 1. The molecular weight excluding hydrogens is 504 g/mol. The van der Waals surface area contributed by atoms with E-state index in [1.165, 1.54) is 6.20 Å². The summed E-state index contributed by atoms with van der Waals surface area (Å²) < 4.78 is 14.9. The van der Waals surface area contributed by atoms with Gasteiger partial charge in [0.25, 0.3) is 0 Å². The summed E-state index contributed by atoms with van der Waals surface area (Å²) >= 11 is 0. The van der Waals surface area contributed by atoms with Gasteiger partial charge in [0.2, 0.25) is 5.95 Å². The number of anilines is 4. The van der Waals surface area contributed by atoms with E-state index < -0.39 is 17.9 Å². The average molecular weight is 533 g/mol. The first-order chi connectivity index (χ1) is 18.9. The van der Waals surface area contributed by atoms with Crippen molar-refractivity contribution in [3.63, 3.8) is 0 Å². The number of ether oxygens (including phenoxy) is 3. The third kappa shape index (κ3) is 7.92. The largest absolute Gasteiger partial charge is 0.462 e. The number of aromatic nitrogens is 2. The molecule has 0 aliphatic carbocycles. The van der Waals surface area contributed by atoms with Gasteiger partial charge >= 0.3 is 17.9 Å². The molecule has 12 heteroatoms. The van der Waals surface area contributed by atoms with Gasteiger partial charge in [-0.25, -0.2) is 29.4 Å². The van der Waals surface area contributed by atoms with Crippen LogP contribution < -0.4 is 10.6 Å². The molecule has 3 rings (SSSR count). The molecule has 0 radical (unpaired) electrons. The summed E-state index contributed by atoms with van der Waals surface area (Å²) in [6.07, 6.45) is 3.49. The van der Waals surface area contributed by atoms with E-state index in [1.54, 1.807) is 74.2 Å². The summed E-state index contributed by atoms with van der Waals surface area (Å²) in [5.74, 6) is -1.58. The van der Waals surface area contributed by atoms with Crippen LogP contribution in [0.4, 0.5) is 34.5 Å². The van der Waals surface area contributed by atoms with Gasteiger partial charge in [-0.3, -0.25) is 4.90 Å². The molecule has 0 aliphatic rings. The highest BCUT2D eigenvalue weighted by Gasteiger charge is 2.23. The second-order valence-corrected chi connectivity index (χ2v) is 7.57. The van der Waals surface area contributed by atoms with Gasteiger partial charge in [-0.1, -0.05) is 0 Å². The van der Waals surface area contributed by atoms with E-state index >= 15 is 0 Å². The Balaban J connectivity index is 2.05. The van der Waals surface area contributed by atoms with E-state index in [-0.39, 0.29) is 37.2 Å². The summed E-state index contributed by atoms with van der Waals surface area (Å²) in [6, 6.07) is 13.7. The van der Waals surface area contributed by atoms with Crippen LogP contribution in [0, 0.1) is 0 Å². The molecule has 12 nitrogen and oxygen atoms in total. The van der Waals surface area contributed by atoms with Gasteiger partial charge in [0.15, 0.2) is 5.82 Å². The minimum Gasteiger partial charge on any atom is -0.462 e. The SMILES string of the molecule is CCOC(=O)C=Nc1ccc(N(c2ccc(N=CC(=O)OCC)cc2)c2nc(N)ncc2C(=O)OCC)cc1. The average Bonchev–Trinajstić information content (AvgIpc) is 2.93. The molecule has 0 saturated carbocycles. The molecule has 0 spiro atoms. The van der Waals surface area contributed by atoms with Crippen LogP contribution in [0.5, 0.6) is 0 Å². The molecule has 0 bridgehead atoms. The van der Waals surface area contributed by atoms with E-state index in [2.05, 4.69) is 20.0 Å². The van der Waals surface area contributed by atoms with Gasteiger partial charge in [0.05, 0.1) is 31.2 Å². The molecule has 0 saturated heterocycles. The van der Waals surface area contributed by atoms with Crippen molar-refractivity contribution in [2.24, 2.45) is 9.98 Å². The highest BCUT2D eigenvalue weighted by atomic mass is 16.5. The lowest BCUT2D eigenvalue weighted by atomic mass is 10.2. The number of nitrogens with two attached hydrogens (primary N) is 1. The number of esters is 3. The zero-order valence-electron chi connectivity index (χ0n) is 21.7. The lowest BCUT2D eigenvalue weighted by molar-refractivity contribution is -0.135. The van der Waals surface area contributed by atoms with Crippen molar-refractivity contribution >= 4 is 64.9 Å². The van der Waals surface area contributed by atoms with Crippen molar-refractivity contribution in [2.45, 2.75) is 20.8 Å². The van der Waals surface area contributed by atoms with E-state index in [0.717, 1.165) is 12.4 Å². The Bertz CT molecular complexity index is 1280. The van der Waals surface area contributed by atoms with Crippen molar-refractivity contribution in [2.75, 3.05) is 30.5 Å². The summed E-state index contributed by atoms with van der Waals surface area (Å²) in [5.41, 5.74) is 8.19. The smallest absolute Gasteiger partial charge is 0.349 e. The van der Waals surface area contributed by atoms with Crippen molar-refractivity contribution in [1.29, 1.82) is 0 Å². The molecule has 1 aromatic heterocycles. The molecule has 0 unspecified atom stereocenters. The second-order valence-electron chi connectivity index (χ2n) is 7.57. The third-order valence-electron chi connectivity index (χ3n) is 4.92. The van der Waals surface area contributed by atoms with Crippen LogP contribution in [0.2, 0.25) is 0 Å². The van der Waals surface area contributed by atoms with Crippen LogP contribution in [0.15, 0.2) is 64.7 Å². The van der Waals surface area contributed by atoms with Crippen LogP contribution in [-0.4, -0.2) is 60.1 Å². The molecule has 2 aromatic carbocycles. The fraction of sp³-hybridized carbons (Fsp3) is 0.222. The van der Waals surface area contributed by atoms with Gasteiger partial charge in [-0.15, -0.1) is 0 Å². The number of carbonyl (C=O) groups excluding carboxylic acids is 3. The number of carbonyl (C=O) groups is 3. The van der Waals surface area contributed by atoms with Crippen LogP contribution in [0.3, 0.4) is 0 Å². The number of benzene rings is 2. The molecule has 0 fully saturated rings. The molecule has 1 heterocycles. The lowest BCUT2D eigenvalue weighted by Gasteiger charge is -2.26.